The Kier molecular flexibility index (Phi) is 3.70. The number of allylic oxidation sites excluding steroid dienone is 1. The second-order valence-electron chi connectivity index (χ2n) is 3.35. The van der Waals surface area contributed by atoms with Gasteiger partial charge in [-0.1, -0.05) is 12.5 Å². The van der Waals surface area contributed by atoms with Crippen molar-refractivity contribution in [1.29, 1.82) is 0 Å². The van der Waals surface area contributed by atoms with E-state index in [-0.39, 0.29) is 0 Å². The molecule has 0 aromatic heterocycles. The number of rotatable bonds is 4. The molecule has 0 radical (unpaired) electrons. The Balaban J connectivity index is 3.70. The van der Waals surface area contributed by atoms with Crippen LogP contribution >= 0.6 is 0 Å². The molecule has 1 atom stereocenters. The lowest BCUT2D eigenvalue weighted by Crippen LogP contribution is -2.21. The van der Waals surface area contributed by atoms with Gasteiger partial charge in [0.1, 0.15) is 0 Å². The first-order valence-corrected chi connectivity index (χ1v) is 3.86. The normalized spacial score (nSPS) is 14.6. The molecule has 11 heavy (non-hydrogen) atoms. The Bertz CT molecular complexity index is 133. The fraction of sp³-hybridized carbons (Fsp3) is 0.778. The summed E-state index contributed by atoms with van der Waals surface area (Å²) in [6, 6.07) is 0. The SMILES string of the molecule is C=C(C)CCC(C)C(C)(F)F. The third kappa shape index (κ3) is 4.93. The molecule has 0 fully saturated rings. The third-order valence-electron chi connectivity index (χ3n) is 1.87. The monoisotopic (exact) mass is 162 g/mol. The smallest absolute Gasteiger partial charge is 0.207 e. The van der Waals surface area contributed by atoms with E-state index in [1.165, 1.54) is 0 Å². The van der Waals surface area contributed by atoms with Gasteiger partial charge in [-0.15, -0.1) is 6.58 Å². The minimum absolute atomic E-state index is 0.527. The van der Waals surface area contributed by atoms with Crippen LogP contribution in [-0.2, 0) is 0 Å². The molecule has 0 aromatic rings. The Morgan fingerprint density at radius 1 is 1.55 bits per heavy atom. The first-order valence-electron chi connectivity index (χ1n) is 3.86. The van der Waals surface area contributed by atoms with Gasteiger partial charge < -0.3 is 0 Å². The minimum atomic E-state index is -2.55. The fourth-order valence-electron chi connectivity index (χ4n) is 0.716. The summed E-state index contributed by atoms with van der Waals surface area (Å²) in [6.45, 7) is 8.07. The molecule has 0 aliphatic carbocycles. The molecule has 0 aliphatic heterocycles. The van der Waals surface area contributed by atoms with E-state index in [1.54, 1.807) is 6.92 Å². The zero-order valence-electron chi connectivity index (χ0n) is 7.45. The largest absolute Gasteiger partial charge is 0.247 e. The first kappa shape index (κ1) is 10.6. The molecule has 1 unspecified atom stereocenters. The maximum absolute atomic E-state index is 12.5. The Morgan fingerprint density at radius 2 is 2.00 bits per heavy atom. The first-order chi connectivity index (χ1) is 4.84. The van der Waals surface area contributed by atoms with Crippen molar-refractivity contribution >= 4 is 0 Å². The Hall–Kier alpha value is -0.400. The van der Waals surface area contributed by atoms with E-state index in [0.29, 0.717) is 12.8 Å². The fourth-order valence-corrected chi connectivity index (χ4v) is 0.716. The summed E-state index contributed by atoms with van der Waals surface area (Å²) >= 11 is 0. The van der Waals surface area contributed by atoms with Gasteiger partial charge in [0.15, 0.2) is 0 Å². The van der Waals surface area contributed by atoms with Crippen molar-refractivity contribution in [1.82, 2.24) is 0 Å². The molecule has 0 heterocycles. The summed E-state index contributed by atoms with van der Waals surface area (Å²) in [6.07, 6.45) is 1.23. The molecule has 0 spiro atoms. The third-order valence-corrected chi connectivity index (χ3v) is 1.87. The second kappa shape index (κ2) is 3.84. The summed E-state index contributed by atoms with van der Waals surface area (Å²) < 4.78 is 25.1. The average molecular weight is 162 g/mol. The van der Waals surface area contributed by atoms with Crippen LogP contribution in [-0.4, -0.2) is 5.92 Å². The lowest BCUT2D eigenvalue weighted by molar-refractivity contribution is -0.0350. The zero-order chi connectivity index (χ0) is 9.07. The quantitative estimate of drug-likeness (QED) is 0.554. The highest BCUT2D eigenvalue weighted by Gasteiger charge is 2.29. The van der Waals surface area contributed by atoms with Crippen LogP contribution in [0.4, 0.5) is 8.78 Å². The van der Waals surface area contributed by atoms with E-state index in [2.05, 4.69) is 6.58 Å². The summed E-state index contributed by atoms with van der Waals surface area (Å²) in [4.78, 5) is 0. The second-order valence-corrected chi connectivity index (χ2v) is 3.35. The van der Waals surface area contributed by atoms with Gasteiger partial charge in [-0.05, 0) is 26.7 Å². The number of alkyl halides is 2. The van der Waals surface area contributed by atoms with Crippen LogP contribution in [0, 0.1) is 5.92 Å². The predicted octanol–water partition coefficient (Wildman–Crippen LogP) is 3.63. The molecule has 0 bridgehead atoms. The van der Waals surface area contributed by atoms with Crippen LogP contribution in [0.15, 0.2) is 12.2 Å². The van der Waals surface area contributed by atoms with Crippen molar-refractivity contribution in [3.05, 3.63) is 12.2 Å². The van der Waals surface area contributed by atoms with Crippen LogP contribution in [0.1, 0.15) is 33.6 Å². The van der Waals surface area contributed by atoms with E-state index < -0.39 is 11.8 Å². The summed E-state index contributed by atoms with van der Waals surface area (Å²) in [5.74, 6) is -3.09. The molecular weight excluding hydrogens is 146 g/mol. The van der Waals surface area contributed by atoms with Gasteiger partial charge in [0, 0.05) is 5.92 Å². The van der Waals surface area contributed by atoms with E-state index >= 15 is 0 Å². The van der Waals surface area contributed by atoms with Crippen molar-refractivity contribution in [2.75, 3.05) is 0 Å². The summed E-state index contributed by atoms with van der Waals surface area (Å²) in [7, 11) is 0. The highest BCUT2D eigenvalue weighted by molar-refractivity contribution is 4.88. The van der Waals surface area contributed by atoms with Crippen LogP contribution in [0.5, 0.6) is 0 Å². The van der Waals surface area contributed by atoms with Gasteiger partial charge in [0.05, 0.1) is 0 Å². The molecule has 0 saturated carbocycles. The van der Waals surface area contributed by atoms with Crippen molar-refractivity contribution in [2.24, 2.45) is 5.92 Å². The van der Waals surface area contributed by atoms with Gasteiger partial charge in [-0.25, -0.2) is 8.78 Å². The predicted molar refractivity (Wildman–Crippen MR) is 43.8 cm³/mol. The van der Waals surface area contributed by atoms with Crippen molar-refractivity contribution in [3.63, 3.8) is 0 Å². The number of hydrogen-bond acceptors (Lipinski definition) is 0. The molecule has 0 aliphatic rings. The molecule has 66 valence electrons. The highest BCUT2D eigenvalue weighted by atomic mass is 19.3. The molecule has 0 rings (SSSR count). The number of hydrogen-bond donors (Lipinski definition) is 0. The maximum atomic E-state index is 12.5. The molecule has 0 aromatic carbocycles. The molecular formula is C9H16F2. The van der Waals surface area contributed by atoms with Crippen LogP contribution in [0.2, 0.25) is 0 Å². The summed E-state index contributed by atoms with van der Waals surface area (Å²) in [5, 5.41) is 0. The van der Waals surface area contributed by atoms with E-state index in [9.17, 15) is 8.78 Å². The molecule has 0 amide bonds. The zero-order valence-corrected chi connectivity index (χ0v) is 7.45. The molecule has 2 heteroatoms. The van der Waals surface area contributed by atoms with E-state index in [1.807, 2.05) is 6.92 Å². The average Bonchev–Trinajstić information content (AvgIpc) is 1.80. The van der Waals surface area contributed by atoms with Crippen LogP contribution < -0.4 is 0 Å². The topological polar surface area (TPSA) is 0 Å². The van der Waals surface area contributed by atoms with Crippen molar-refractivity contribution < 1.29 is 8.78 Å². The molecule has 0 N–H and O–H groups in total. The Morgan fingerprint density at radius 3 is 2.27 bits per heavy atom. The van der Waals surface area contributed by atoms with Crippen molar-refractivity contribution in [3.8, 4) is 0 Å². The van der Waals surface area contributed by atoms with Crippen molar-refractivity contribution in [2.45, 2.75) is 39.5 Å². The summed E-state index contributed by atoms with van der Waals surface area (Å²) in [5.41, 5.74) is 0.973. The molecule has 0 nitrogen and oxygen atoms in total. The van der Waals surface area contributed by atoms with Gasteiger partial charge in [0.25, 0.3) is 0 Å². The lowest BCUT2D eigenvalue weighted by atomic mass is 9.97. The van der Waals surface area contributed by atoms with Gasteiger partial charge in [0.2, 0.25) is 5.92 Å². The minimum Gasteiger partial charge on any atom is -0.207 e. The van der Waals surface area contributed by atoms with Crippen LogP contribution in [0.25, 0.3) is 0 Å². The standard InChI is InChI=1S/C9H16F2/c1-7(2)5-6-8(3)9(4,10)11/h8H,1,5-6H2,2-4H3. The maximum Gasteiger partial charge on any atom is 0.247 e. The Labute approximate surface area is 67.3 Å². The van der Waals surface area contributed by atoms with Gasteiger partial charge in [-0.3, -0.25) is 0 Å². The van der Waals surface area contributed by atoms with E-state index in [0.717, 1.165) is 12.5 Å². The van der Waals surface area contributed by atoms with Gasteiger partial charge >= 0.3 is 0 Å². The highest BCUT2D eigenvalue weighted by Crippen LogP contribution is 2.27. The number of halogens is 2. The lowest BCUT2D eigenvalue weighted by Gasteiger charge is -2.18. The van der Waals surface area contributed by atoms with E-state index in [4.69, 9.17) is 0 Å². The van der Waals surface area contributed by atoms with Gasteiger partial charge in [-0.2, -0.15) is 0 Å². The molecule has 0 saturated heterocycles. The van der Waals surface area contributed by atoms with Crippen LogP contribution in [0.3, 0.4) is 0 Å².